The Balaban J connectivity index is 1.51. The third kappa shape index (κ3) is 3.78. The van der Waals surface area contributed by atoms with E-state index >= 15 is 0 Å². The monoisotopic (exact) mass is 447 g/mol. The van der Waals surface area contributed by atoms with Crippen molar-refractivity contribution in [3.63, 3.8) is 0 Å². The molecule has 2 aromatic carbocycles. The molecule has 4 rings (SSSR count). The molecule has 0 spiro atoms. The lowest BCUT2D eigenvalue weighted by atomic mass is 10.1. The summed E-state index contributed by atoms with van der Waals surface area (Å²) in [7, 11) is -3.82. The lowest BCUT2D eigenvalue weighted by molar-refractivity contribution is 0.0697. The van der Waals surface area contributed by atoms with E-state index in [0.717, 1.165) is 23.0 Å². The number of pyridine rings is 1. The van der Waals surface area contributed by atoms with Crippen molar-refractivity contribution in [2.24, 2.45) is 0 Å². The summed E-state index contributed by atoms with van der Waals surface area (Å²) in [5, 5.41) is 0.630. The number of fused-ring (bicyclic) bond motifs is 1. The van der Waals surface area contributed by atoms with Gasteiger partial charge in [0, 0.05) is 31.6 Å². The zero-order valence-corrected chi connectivity index (χ0v) is 17.8. The number of hydrogen-bond donors (Lipinski definition) is 0. The summed E-state index contributed by atoms with van der Waals surface area (Å²) >= 11 is 5.73. The fraction of sp³-hybridized carbons (Fsp3) is 0.238. The predicted octanol–water partition coefficient (Wildman–Crippen LogP) is 3.48. The number of aromatic nitrogens is 1. The molecule has 30 heavy (non-hydrogen) atoms. The highest BCUT2D eigenvalue weighted by atomic mass is 35.5. The smallest absolute Gasteiger partial charge is 0.255 e. The number of halogens is 2. The average molecular weight is 448 g/mol. The SMILES string of the molecule is Cc1nc2ccccc2cc1C(=O)N1CCN(S(=O)(=O)c2ccc(F)c(Cl)c2)CC1. The molecule has 2 heterocycles. The molecule has 1 fully saturated rings. The van der Waals surface area contributed by atoms with Gasteiger partial charge in [-0.25, -0.2) is 12.8 Å². The summed E-state index contributed by atoms with van der Waals surface area (Å²) in [5.74, 6) is -0.849. The van der Waals surface area contributed by atoms with Gasteiger partial charge in [0.2, 0.25) is 10.0 Å². The van der Waals surface area contributed by atoms with Crippen molar-refractivity contribution in [2.45, 2.75) is 11.8 Å². The number of carbonyl (C=O) groups is 1. The summed E-state index contributed by atoms with van der Waals surface area (Å²) in [6.07, 6.45) is 0. The molecule has 6 nitrogen and oxygen atoms in total. The van der Waals surface area contributed by atoms with Gasteiger partial charge >= 0.3 is 0 Å². The van der Waals surface area contributed by atoms with Crippen LogP contribution in [0, 0.1) is 12.7 Å². The normalized spacial score (nSPS) is 15.5. The number of benzene rings is 2. The summed E-state index contributed by atoms with van der Waals surface area (Å²) in [6, 6.07) is 12.7. The van der Waals surface area contributed by atoms with Crippen LogP contribution in [0.2, 0.25) is 5.02 Å². The first-order chi connectivity index (χ1) is 14.3. The van der Waals surface area contributed by atoms with Gasteiger partial charge in [-0.05, 0) is 37.3 Å². The van der Waals surface area contributed by atoms with Crippen LogP contribution in [0.5, 0.6) is 0 Å². The van der Waals surface area contributed by atoms with Crippen LogP contribution in [0.25, 0.3) is 10.9 Å². The number of nitrogens with zero attached hydrogens (tertiary/aromatic N) is 3. The summed E-state index contributed by atoms with van der Waals surface area (Å²) < 4.78 is 40.3. The van der Waals surface area contributed by atoms with Crippen molar-refractivity contribution < 1.29 is 17.6 Å². The van der Waals surface area contributed by atoms with E-state index in [1.54, 1.807) is 11.8 Å². The first-order valence-electron chi connectivity index (χ1n) is 9.38. The van der Waals surface area contributed by atoms with E-state index in [2.05, 4.69) is 4.98 Å². The third-order valence-electron chi connectivity index (χ3n) is 5.20. The summed E-state index contributed by atoms with van der Waals surface area (Å²) in [4.78, 5) is 19.1. The van der Waals surface area contributed by atoms with Gasteiger partial charge < -0.3 is 4.90 Å². The molecule has 0 bridgehead atoms. The molecule has 1 amide bonds. The molecule has 0 radical (unpaired) electrons. The van der Waals surface area contributed by atoms with Gasteiger partial charge in [-0.2, -0.15) is 4.31 Å². The fourth-order valence-corrected chi connectivity index (χ4v) is 5.21. The van der Waals surface area contributed by atoms with E-state index < -0.39 is 15.8 Å². The molecule has 1 saturated heterocycles. The number of amides is 1. The summed E-state index contributed by atoms with van der Waals surface area (Å²) in [5.41, 5.74) is 1.96. The molecule has 0 N–H and O–H groups in total. The zero-order valence-electron chi connectivity index (χ0n) is 16.2. The predicted molar refractivity (Wildman–Crippen MR) is 113 cm³/mol. The molecule has 9 heteroatoms. The minimum absolute atomic E-state index is 0.0664. The van der Waals surface area contributed by atoms with E-state index in [1.165, 1.54) is 10.4 Å². The largest absolute Gasteiger partial charge is 0.336 e. The Bertz CT molecular complexity index is 1240. The molecular formula is C21H19ClFN3O3S. The highest BCUT2D eigenvalue weighted by Gasteiger charge is 2.31. The van der Waals surface area contributed by atoms with Crippen molar-refractivity contribution >= 4 is 38.4 Å². The lowest BCUT2D eigenvalue weighted by Crippen LogP contribution is -2.50. The number of para-hydroxylation sites is 1. The van der Waals surface area contributed by atoms with Gasteiger partial charge in [-0.15, -0.1) is 0 Å². The second-order valence-electron chi connectivity index (χ2n) is 7.09. The van der Waals surface area contributed by atoms with Gasteiger partial charge in [0.05, 0.1) is 26.7 Å². The Kier molecular flexibility index (Phi) is 5.48. The van der Waals surface area contributed by atoms with Crippen LogP contribution < -0.4 is 0 Å². The minimum Gasteiger partial charge on any atom is -0.336 e. The molecule has 0 unspecified atom stereocenters. The zero-order chi connectivity index (χ0) is 21.5. The molecule has 1 aromatic heterocycles. The minimum atomic E-state index is -3.82. The van der Waals surface area contributed by atoms with Crippen LogP contribution in [-0.2, 0) is 10.0 Å². The number of rotatable bonds is 3. The van der Waals surface area contributed by atoms with E-state index in [9.17, 15) is 17.6 Å². The maximum Gasteiger partial charge on any atom is 0.255 e. The van der Waals surface area contributed by atoms with Crippen LogP contribution in [0.1, 0.15) is 16.1 Å². The molecule has 1 aliphatic rings. The molecule has 1 aliphatic heterocycles. The number of aryl methyl sites for hydroxylation is 1. The van der Waals surface area contributed by atoms with Crippen LogP contribution >= 0.6 is 11.6 Å². The maximum absolute atomic E-state index is 13.4. The second-order valence-corrected chi connectivity index (χ2v) is 9.43. The molecule has 0 aliphatic carbocycles. The van der Waals surface area contributed by atoms with E-state index in [1.807, 2.05) is 30.3 Å². The van der Waals surface area contributed by atoms with Crippen LogP contribution in [0.15, 0.2) is 53.4 Å². The Morgan fingerprint density at radius 3 is 2.47 bits per heavy atom. The second kappa shape index (κ2) is 7.94. The van der Waals surface area contributed by atoms with Crippen molar-refractivity contribution in [1.29, 1.82) is 0 Å². The highest BCUT2D eigenvalue weighted by Crippen LogP contribution is 2.24. The summed E-state index contributed by atoms with van der Waals surface area (Å²) in [6.45, 7) is 2.57. The Morgan fingerprint density at radius 2 is 1.77 bits per heavy atom. The van der Waals surface area contributed by atoms with Crippen molar-refractivity contribution in [3.05, 3.63) is 70.6 Å². The number of carbonyl (C=O) groups excluding carboxylic acids is 1. The van der Waals surface area contributed by atoms with Crippen molar-refractivity contribution in [2.75, 3.05) is 26.2 Å². The van der Waals surface area contributed by atoms with E-state index in [4.69, 9.17) is 11.6 Å². The Labute approximate surface area is 178 Å². The molecule has 0 saturated carbocycles. The quantitative estimate of drug-likeness (QED) is 0.616. The van der Waals surface area contributed by atoms with E-state index in [0.29, 0.717) is 11.3 Å². The standard InChI is InChI=1S/C21H19ClFN3O3S/c1-14-17(12-15-4-2-3-5-20(15)24-14)21(27)25-8-10-26(11-9-25)30(28,29)16-6-7-19(23)18(22)13-16/h2-7,12-13H,8-11H2,1H3. The highest BCUT2D eigenvalue weighted by molar-refractivity contribution is 7.89. The van der Waals surface area contributed by atoms with Gasteiger partial charge in [0.25, 0.3) is 5.91 Å². The topological polar surface area (TPSA) is 70.6 Å². The van der Waals surface area contributed by atoms with Gasteiger partial charge in [0.15, 0.2) is 0 Å². The number of hydrogen-bond acceptors (Lipinski definition) is 4. The Morgan fingerprint density at radius 1 is 1.07 bits per heavy atom. The molecular weight excluding hydrogens is 429 g/mol. The average Bonchev–Trinajstić information content (AvgIpc) is 2.74. The molecule has 156 valence electrons. The third-order valence-corrected chi connectivity index (χ3v) is 7.38. The first-order valence-corrected chi connectivity index (χ1v) is 11.2. The Hall–Kier alpha value is -2.55. The number of piperazine rings is 1. The van der Waals surface area contributed by atoms with Crippen LogP contribution in [-0.4, -0.2) is 54.7 Å². The van der Waals surface area contributed by atoms with Crippen molar-refractivity contribution in [1.82, 2.24) is 14.2 Å². The van der Waals surface area contributed by atoms with Crippen LogP contribution in [0.3, 0.4) is 0 Å². The molecule has 3 aromatic rings. The number of sulfonamides is 1. The lowest BCUT2D eigenvalue weighted by Gasteiger charge is -2.34. The fourth-order valence-electron chi connectivity index (χ4n) is 3.52. The van der Waals surface area contributed by atoms with Crippen molar-refractivity contribution in [3.8, 4) is 0 Å². The van der Waals surface area contributed by atoms with Gasteiger partial charge in [0.1, 0.15) is 5.82 Å². The van der Waals surface area contributed by atoms with Crippen LogP contribution in [0.4, 0.5) is 4.39 Å². The molecule has 0 atom stereocenters. The van der Waals surface area contributed by atoms with Gasteiger partial charge in [-0.3, -0.25) is 9.78 Å². The maximum atomic E-state index is 13.4. The first kappa shape index (κ1) is 20.7. The van der Waals surface area contributed by atoms with E-state index in [-0.39, 0.29) is 42.0 Å². The van der Waals surface area contributed by atoms with Gasteiger partial charge in [-0.1, -0.05) is 29.8 Å².